The normalized spacial score (nSPS) is 13.1. The van der Waals surface area contributed by atoms with E-state index in [1.165, 1.54) is 22.7 Å². The minimum atomic E-state index is -0.672. The average Bonchev–Trinajstić information content (AvgIpc) is 3.27. The molecule has 1 fully saturated rings. The van der Waals surface area contributed by atoms with Gasteiger partial charge in [0.25, 0.3) is 11.8 Å². The second-order valence-corrected chi connectivity index (χ2v) is 9.03. The molecule has 3 aromatic rings. The highest BCUT2D eigenvalue weighted by Gasteiger charge is 2.30. The van der Waals surface area contributed by atoms with Crippen molar-refractivity contribution in [2.24, 2.45) is 5.73 Å². The van der Waals surface area contributed by atoms with Gasteiger partial charge in [-0.25, -0.2) is 0 Å². The highest BCUT2D eigenvalue weighted by molar-refractivity contribution is 8.23. The van der Waals surface area contributed by atoms with E-state index in [1.54, 1.807) is 6.07 Å². The van der Waals surface area contributed by atoms with Gasteiger partial charge < -0.3 is 15.2 Å². The molecule has 1 aliphatic rings. The summed E-state index contributed by atoms with van der Waals surface area (Å²) in [5.74, 6) is 0.0887. The van der Waals surface area contributed by atoms with Crippen LogP contribution in [0.3, 0.4) is 0 Å². The zero-order valence-corrected chi connectivity index (χ0v) is 19.4. The molecule has 0 atom stereocenters. The van der Waals surface area contributed by atoms with E-state index in [4.69, 9.17) is 27.4 Å². The van der Waals surface area contributed by atoms with E-state index in [0.29, 0.717) is 10.9 Å². The number of rotatable bonds is 8. The molecule has 1 saturated heterocycles. The monoisotopic (exact) mass is 478 g/mol. The molecular weight excluding hydrogens is 456 g/mol. The average molecular weight is 479 g/mol. The summed E-state index contributed by atoms with van der Waals surface area (Å²) in [6, 6.07) is 22.1. The number of nitrogens with zero attached hydrogens (tertiary/aromatic N) is 1. The minimum Gasteiger partial charge on any atom is -0.484 e. The molecule has 1 aliphatic heterocycles. The number of carbonyl (C=O) groups excluding carboxylic acids is 2. The molecule has 0 radical (unpaired) electrons. The smallest absolute Gasteiger partial charge is 0.263 e. The van der Waals surface area contributed by atoms with E-state index in [1.807, 2.05) is 60.7 Å². The number of benzene rings is 3. The summed E-state index contributed by atoms with van der Waals surface area (Å²) in [5.41, 5.74) is 7.85. The van der Waals surface area contributed by atoms with Crippen LogP contribution in [-0.2, 0) is 13.2 Å². The van der Waals surface area contributed by atoms with Gasteiger partial charge in [0, 0.05) is 12.3 Å². The van der Waals surface area contributed by atoms with Crippen LogP contribution in [0, 0.1) is 0 Å². The molecule has 4 rings (SSSR count). The predicted molar refractivity (Wildman–Crippen MR) is 133 cm³/mol. The van der Waals surface area contributed by atoms with Crippen LogP contribution in [0.5, 0.6) is 11.5 Å². The van der Waals surface area contributed by atoms with Crippen LogP contribution in [-0.4, -0.2) is 33.3 Å². The zero-order valence-electron chi connectivity index (χ0n) is 17.7. The Morgan fingerprint density at radius 1 is 0.848 bits per heavy atom. The van der Waals surface area contributed by atoms with E-state index >= 15 is 0 Å². The maximum Gasteiger partial charge on any atom is 0.263 e. The Hall–Kier alpha value is -3.36. The number of primary amides is 1. The summed E-state index contributed by atoms with van der Waals surface area (Å²) < 4.78 is 12.7. The summed E-state index contributed by atoms with van der Waals surface area (Å²) in [6.07, 6.45) is 0. The number of ether oxygens (including phenoxy) is 2. The lowest BCUT2D eigenvalue weighted by molar-refractivity contribution is 0.0853. The lowest BCUT2D eigenvalue weighted by Gasteiger charge is -2.21. The standard InChI is InChI=1S/C25H22N2O4S2/c26-23(28)19-11-12-20(24(29)27-13-14-33-25(27)32)22(31-16-18-9-5-2-6-10-18)21(19)30-15-17-7-3-1-4-8-17/h1-12H,13-16H2,(H2,26,28). The number of hydrogen-bond acceptors (Lipinski definition) is 6. The van der Waals surface area contributed by atoms with E-state index < -0.39 is 5.91 Å². The van der Waals surface area contributed by atoms with Crippen molar-refractivity contribution in [3.63, 3.8) is 0 Å². The van der Waals surface area contributed by atoms with Crippen LogP contribution in [0.4, 0.5) is 0 Å². The van der Waals surface area contributed by atoms with Crippen LogP contribution < -0.4 is 15.2 Å². The molecule has 2 N–H and O–H groups in total. The van der Waals surface area contributed by atoms with Crippen molar-refractivity contribution in [2.75, 3.05) is 12.3 Å². The first-order valence-electron chi connectivity index (χ1n) is 10.3. The van der Waals surface area contributed by atoms with Gasteiger partial charge in [-0.3, -0.25) is 14.5 Å². The van der Waals surface area contributed by atoms with Crippen molar-refractivity contribution >= 4 is 40.1 Å². The molecule has 3 aromatic carbocycles. The van der Waals surface area contributed by atoms with Gasteiger partial charge in [0.1, 0.15) is 17.5 Å². The highest BCUT2D eigenvalue weighted by atomic mass is 32.2. The summed E-state index contributed by atoms with van der Waals surface area (Å²) >= 11 is 6.79. The third-order valence-electron chi connectivity index (χ3n) is 5.07. The number of hydrogen-bond donors (Lipinski definition) is 1. The lowest BCUT2D eigenvalue weighted by Crippen LogP contribution is -2.31. The molecule has 8 heteroatoms. The molecular formula is C25H22N2O4S2. The van der Waals surface area contributed by atoms with E-state index in [9.17, 15) is 9.59 Å². The molecule has 6 nitrogen and oxygen atoms in total. The van der Waals surface area contributed by atoms with Gasteiger partial charge in [-0.05, 0) is 23.3 Å². The first-order valence-corrected chi connectivity index (χ1v) is 11.7. The van der Waals surface area contributed by atoms with Crippen LogP contribution in [0.25, 0.3) is 0 Å². The number of carbonyl (C=O) groups is 2. The van der Waals surface area contributed by atoms with Crippen LogP contribution in [0.1, 0.15) is 31.8 Å². The quantitative estimate of drug-likeness (QED) is 0.483. The fourth-order valence-electron chi connectivity index (χ4n) is 3.39. The van der Waals surface area contributed by atoms with Crippen molar-refractivity contribution in [2.45, 2.75) is 13.2 Å². The zero-order chi connectivity index (χ0) is 23.2. The van der Waals surface area contributed by atoms with Gasteiger partial charge in [-0.15, -0.1) is 0 Å². The van der Waals surface area contributed by atoms with Crippen molar-refractivity contribution < 1.29 is 19.1 Å². The molecule has 0 aliphatic carbocycles. The molecule has 2 amide bonds. The second-order valence-electron chi connectivity index (χ2n) is 7.30. The molecule has 0 spiro atoms. The number of amides is 2. The van der Waals surface area contributed by atoms with Gasteiger partial charge in [0.15, 0.2) is 11.5 Å². The van der Waals surface area contributed by atoms with Gasteiger partial charge >= 0.3 is 0 Å². The Balaban J connectivity index is 1.75. The van der Waals surface area contributed by atoms with E-state index in [0.717, 1.165) is 16.9 Å². The number of thioether (sulfide) groups is 1. The summed E-state index contributed by atoms with van der Waals surface area (Å²) in [7, 11) is 0. The molecule has 0 aromatic heterocycles. The second kappa shape index (κ2) is 10.5. The van der Waals surface area contributed by atoms with Crippen molar-refractivity contribution in [3.8, 4) is 11.5 Å². The van der Waals surface area contributed by atoms with Crippen molar-refractivity contribution in [3.05, 3.63) is 95.1 Å². The predicted octanol–water partition coefficient (Wildman–Crippen LogP) is 4.42. The Labute approximate surface area is 201 Å². The van der Waals surface area contributed by atoms with Gasteiger partial charge in [0.05, 0.1) is 11.1 Å². The fourth-order valence-corrected chi connectivity index (χ4v) is 4.60. The van der Waals surface area contributed by atoms with Crippen molar-refractivity contribution in [1.82, 2.24) is 4.90 Å². The van der Waals surface area contributed by atoms with Gasteiger partial charge in [-0.2, -0.15) is 0 Å². The largest absolute Gasteiger partial charge is 0.484 e. The third-order valence-corrected chi connectivity index (χ3v) is 6.49. The molecule has 33 heavy (non-hydrogen) atoms. The van der Waals surface area contributed by atoms with Crippen LogP contribution in [0.2, 0.25) is 0 Å². The molecule has 0 unspecified atom stereocenters. The summed E-state index contributed by atoms with van der Waals surface area (Å²) in [4.78, 5) is 27.1. The Morgan fingerprint density at radius 3 is 1.85 bits per heavy atom. The molecule has 0 bridgehead atoms. The summed E-state index contributed by atoms with van der Waals surface area (Å²) in [5, 5.41) is 0. The maximum absolute atomic E-state index is 13.4. The SMILES string of the molecule is NC(=O)c1ccc(C(=O)N2CCSC2=S)c(OCc2ccccc2)c1OCc1ccccc1. The topological polar surface area (TPSA) is 81.9 Å². The first kappa shape index (κ1) is 22.8. The van der Waals surface area contributed by atoms with Crippen molar-refractivity contribution in [1.29, 1.82) is 0 Å². The molecule has 168 valence electrons. The number of nitrogens with two attached hydrogens (primary N) is 1. The van der Waals surface area contributed by atoms with Gasteiger partial charge in [0.2, 0.25) is 0 Å². The third kappa shape index (κ3) is 5.35. The Kier molecular flexibility index (Phi) is 7.26. The minimum absolute atomic E-state index is 0.143. The van der Waals surface area contributed by atoms with Gasteiger partial charge in [-0.1, -0.05) is 84.6 Å². The fraction of sp³-hybridized carbons (Fsp3) is 0.160. The Morgan fingerprint density at radius 2 is 1.36 bits per heavy atom. The summed E-state index contributed by atoms with van der Waals surface area (Å²) in [6.45, 7) is 0.876. The Bertz CT molecular complexity index is 1170. The van der Waals surface area contributed by atoms with E-state index in [2.05, 4.69) is 0 Å². The van der Waals surface area contributed by atoms with Crippen LogP contribution >= 0.6 is 24.0 Å². The van der Waals surface area contributed by atoms with E-state index in [-0.39, 0.29) is 41.7 Å². The first-order chi connectivity index (χ1) is 16.0. The number of thiocarbonyl (C=S) groups is 1. The molecule has 0 saturated carbocycles. The molecule has 1 heterocycles. The maximum atomic E-state index is 13.4. The lowest BCUT2D eigenvalue weighted by atomic mass is 10.1. The van der Waals surface area contributed by atoms with Crippen LogP contribution in [0.15, 0.2) is 72.8 Å². The highest BCUT2D eigenvalue weighted by Crippen LogP contribution is 2.38.